The van der Waals surface area contributed by atoms with Crippen LogP contribution < -0.4 is 10.6 Å². The van der Waals surface area contributed by atoms with Gasteiger partial charge in [0, 0.05) is 37.5 Å². The summed E-state index contributed by atoms with van der Waals surface area (Å²) in [6.07, 6.45) is 6.23. The fraction of sp³-hybridized carbons (Fsp3) is 0.462. The minimum absolute atomic E-state index is 0.323. The summed E-state index contributed by atoms with van der Waals surface area (Å²) < 4.78 is 1.88. The molecule has 2 N–H and O–H groups in total. The van der Waals surface area contributed by atoms with Gasteiger partial charge in [-0.2, -0.15) is 10.1 Å². The van der Waals surface area contributed by atoms with Gasteiger partial charge in [0.2, 0.25) is 5.95 Å². The molecule has 3 heterocycles. The van der Waals surface area contributed by atoms with Gasteiger partial charge in [-0.1, -0.05) is 0 Å². The molecule has 6 nitrogen and oxygen atoms in total. The second-order valence-electron chi connectivity index (χ2n) is 4.75. The molecule has 0 unspecified atom stereocenters. The third-order valence-electron chi connectivity index (χ3n) is 3.41. The average Bonchev–Trinajstić information content (AvgIpc) is 3.09. The number of anilines is 2. The van der Waals surface area contributed by atoms with Crippen LogP contribution >= 0.6 is 0 Å². The van der Waals surface area contributed by atoms with E-state index in [1.165, 1.54) is 12.8 Å². The fourth-order valence-corrected chi connectivity index (χ4v) is 2.38. The topological polar surface area (TPSA) is 72.9 Å². The highest BCUT2D eigenvalue weighted by Crippen LogP contribution is 2.24. The standard InChI is InChI=1S/C13H18N6/c1-2-19-9-10(8-15-19)11-7-12(17-13(14)16-11)18-5-3-4-6-18/h7-9H,2-6H2,1H3,(H2,14,16,17). The van der Waals surface area contributed by atoms with E-state index in [-0.39, 0.29) is 0 Å². The fourth-order valence-electron chi connectivity index (χ4n) is 2.38. The minimum Gasteiger partial charge on any atom is -0.368 e. The Bertz CT molecular complexity index is 570. The Morgan fingerprint density at radius 3 is 2.74 bits per heavy atom. The van der Waals surface area contributed by atoms with Crippen LogP contribution in [0.25, 0.3) is 11.3 Å². The third kappa shape index (κ3) is 2.38. The van der Waals surface area contributed by atoms with Crippen molar-refractivity contribution in [3.8, 4) is 11.3 Å². The van der Waals surface area contributed by atoms with Gasteiger partial charge in [-0.15, -0.1) is 0 Å². The van der Waals surface area contributed by atoms with Gasteiger partial charge in [0.1, 0.15) is 5.82 Å². The van der Waals surface area contributed by atoms with Crippen molar-refractivity contribution in [2.75, 3.05) is 23.7 Å². The molecule has 19 heavy (non-hydrogen) atoms. The molecule has 6 heteroatoms. The van der Waals surface area contributed by atoms with Crippen LogP contribution in [0.15, 0.2) is 18.5 Å². The maximum atomic E-state index is 5.83. The van der Waals surface area contributed by atoms with Crippen LogP contribution in [0.3, 0.4) is 0 Å². The molecule has 0 amide bonds. The molecule has 1 saturated heterocycles. The second kappa shape index (κ2) is 4.87. The zero-order valence-electron chi connectivity index (χ0n) is 11.1. The molecule has 0 radical (unpaired) electrons. The Labute approximate surface area is 112 Å². The summed E-state index contributed by atoms with van der Waals surface area (Å²) in [4.78, 5) is 10.9. The minimum atomic E-state index is 0.323. The van der Waals surface area contributed by atoms with E-state index in [9.17, 15) is 0 Å². The SMILES string of the molecule is CCn1cc(-c2cc(N3CCCC3)nc(N)n2)cn1. The van der Waals surface area contributed by atoms with Gasteiger partial charge < -0.3 is 10.6 Å². The molecule has 0 aliphatic carbocycles. The summed E-state index contributed by atoms with van der Waals surface area (Å²) >= 11 is 0. The van der Waals surface area contributed by atoms with E-state index in [0.29, 0.717) is 5.95 Å². The van der Waals surface area contributed by atoms with Crippen LogP contribution in [0, 0.1) is 0 Å². The lowest BCUT2D eigenvalue weighted by Gasteiger charge is -2.16. The van der Waals surface area contributed by atoms with E-state index in [2.05, 4.69) is 26.9 Å². The quantitative estimate of drug-likeness (QED) is 0.904. The van der Waals surface area contributed by atoms with Crippen molar-refractivity contribution in [3.63, 3.8) is 0 Å². The lowest BCUT2D eigenvalue weighted by atomic mass is 10.2. The molecule has 0 spiro atoms. The van der Waals surface area contributed by atoms with Crippen molar-refractivity contribution < 1.29 is 0 Å². The molecule has 0 bridgehead atoms. The van der Waals surface area contributed by atoms with E-state index >= 15 is 0 Å². The van der Waals surface area contributed by atoms with E-state index < -0.39 is 0 Å². The molecule has 1 aliphatic heterocycles. The average molecular weight is 258 g/mol. The normalized spacial score (nSPS) is 15.1. The zero-order valence-corrected chi connectivity index (χ0v) is 11.1. The molecular formula is C13H18N6. The van der Waals surface area contributed by atoms with Gasteiger partial charge in [-0.05, 0) is 19.8 Å². The first-order valence-electron chi connectivity index (χ1n) is 6.68. The van der Waals surface area contributed by atoms with Crippen LogP contribution in [0.5, 0.6) is 0 Å². The maximum Gasteiger partial charge on any atom is 0.222 e. The predicted octanol–water partition coefficient (Wildman–Crippen LogP) is 1.54. The Kier molecular flexibility index (Phi) is 3.06. The summed E-state index contributed by atoms with van der Waals surface area (Å²) in [6.45, 7) is 4.99. The summed E-state index contributed by atoms with van der Waals surface area (Å²) in [5.74, 6) is 1.24. The molecule has 1 aliphatic rings. The van der Waals surface area contributed by atoms with Crippen molar-refractivity contribution in [2.45, 2.75) is 26.3 Å². The molecule has 100 valence electrons. The molecule has 2 aromatic rings. The summed E-state index contributed by atoms with van der Waals surface area (Å²) in [6, 6.07) is 2.00. The van der Waals surface area contributed by atoms with Gasteiger partial charge in [-0.25, -0.2) is 4.98 Å². The van der Waals surface area contributed by atoms with Crippen LogP contribution in [0.4, 0.5) is 11.8 Å². The molecule has 0 atom stereocenters. The molecule has 1 fully saturated rings. The van der Waals surface area contributed by atoms with Crippen LogP contribution in [0.2, 0.25) is 0 Å². The summed E-state index contributed by atoms with van der Waals surface area (Å²) in [7, 11) is 0. The van der Waals surface area contributed by atoms with E-state index in [1.807, 2.05) is 23.1 Å². The number of aromatic nitrogens is 4. The van der Waals surface area contributed by atoms with Crippen molar-refractivity contribution >= 4 is 11.8 Å². The molecule has 0 saturated carbocycles. The van der Waals surface area contributed by atoms with Crippen molar-refractivity contribution in [1.29, 1.82) is 0 Å². The first-order valence-corrected chi connectivity index (χ1v) is 6.68. The highest BCUT2D eigenvalue weighted by Gasteiger charge is 2.16. The number of nitrogens with two attached hydrogens (primary N) is 1. The Morgan fingerprint density at radius 2 is 2.05 bits per heavy atom. The Hall–Kier alpha value is -2.11. The predicted molar refractivity (Wildman–Crippen MR) is 74.8 cm³/mol. The third-order valence-corrected chi connectivity index (χ3v) is 3.41. The molecule has 2 aromatic heterocycles. The zero-order chi connectivity index (χ0) is 13.2. The number of rotatable bonds is 3. The van der Waals surface area contributed by atoms with Gasteiger partial charge in [-0.3, -0.25) is 4.68 Å². The molecule has 0 aromatic carbocycles. The smallest absolute Gasteiger partial charge is 0.222 e. The first kappa shape index (κ1) is 12.0. The highest BCUT2D eigenvalue weighted by molar-refractivity contribution is 5.63. The van der Waals surface area contributed by atoms with Crippen LogP contribution in [-0.2, 0) is 6.54 Å². The number of aryl methyl sites for hydroxylation is 1. The highest BCUT2D eigenvalue weighted by atomic mass is 15.3. The summed E-state index contributed by atoms with van der Waals surface area (Å²) in [5.41, 5.74) is 7.65. The van der Waals surface area contributed by atoms with Crippen LogP contribution in [0.1, 0.15) is 19.8 Å². The van der Waals surface area contributed by atoms with Gasteiger partial charge >= 0.3 is 0 Å². The summed E-state index contributed by atoms with van der Waals surface area (Å²) in [5, 5.41) is 4.27. The van der Waals surface area contributed by atoms with E-state index in [4.69, 9.17) is 5.73 Å². The van der Waals surface area contributed by atoms with Gasteiger partial charge in [0.05, 0.1) is 11.9 Å². The maximum absolute atomic E-state index is 5.83. The van der Waals surface area contributed by atoms with E-state index in [0.717, 1.165) is 36.7 Å². The number of hydrogen-bond acceptors (Lipinski definition) is 5. The second-order valence-corrected chi connectivity index (χ2v) is 4.75. The number of nitrogen functional groups attached to an aromatic ring is 1. The largest absolute Gasteiger partial charge is 0.368 e. The molecule has 3 rings (SSSR count). The lowest BCUT2D eigenvalue weighted by Crippen LogP contribution is -2.19. The lowest BCUT2D eigenvalue weighted by molar-refractivity contribution is 0.660. The van der Waals surface area contributed by atoms with Crippen LogP contribution in [-0.4, -0.2) is 32.8 Å². The number of nitrogens with zero attached hydrogens (tertiary/aromatic N) is 5. The molecular weight excluding hydrogens is 240 g/mol. The Balaban J connectivity index is 1.96. The van der Waals surface area contributed by atoms with Gasteiger partial charge in [0.25, 0.3) is 0 Å². The first-order chi connectivity index (χ1) is 9.26. The van der Waals surface area contributed by atoms with E-state index in [1.54, 1.807) is 0 Å². The van der Waals surface area contributed by atoms with Crippen molar-refractivity contribution in [2.24, 2.45) is 0 Å². The van der Waals surface area contributed by atoms with Crippen molar-refractivity contribution in [1.82, 2.24) is 19.7 Å². The van der Waals surface area contributed by atoms with Crippen molar-refractivity contribution in [3.05, 3.63) is 18.5 Å². The van der Waals surface area contributed by atoms with Gasteiger partial charge in [0.15, 0.2) is 0 Å². The monoisotopic (exact) mass is 258 g/mol. The Morgan fingerprint density at radius 1 is 1.26 bits per heavy atom. The number of hydrogen-bond donors (Lipinski definition) is 1.